The lowest BCUT2D eigenvalue weighted by atomic mass is 9.67. The van der Waals surface area contributed by atoms with E-state index in [4.69, 9.17) is 4.99 Å². The lowest BCUT2D eigenvalue weighted by molar-refractivity contribution is -0.123. The van der Waals surface area contributed by atoms with Crippen molar-refractivity contribution >= 4 is 35.0 Å². The zero-order chi connectivity index (χ0) is 21.3. The van der Waals surface area contributed by atoms with E-state index in [-0.39, 0.29) is 29.4 Å². The van der Waals surface area contributed by atoms with Gasteiger partial charge in [0.2, 0.25) is 0 Å². The molecule has 0 bridgehead atoms. The highest BCUT2D eigenvalue weighted by atomic mass is 32.2. The van der Waals surface area contributed by atoms with E-state index in [1.54, 1.807) is 30.1 Å². The summed E-state index contributed by atoms with van der Waals surface area (Å²) in [6.45, 7) is 3.95. The highest BCUT2D eigenvalue weighted by Crippen LogP contribution is 2.44. The number of hydrogen-bond donors (Lipinski definition) is 1. The predicted molar refractivity (Wildman–Crippen MR) is 121 cm³/mol. The molecule has 1 N–H and O–H groups in total. The molecule has 0 radical (unpaired) electrons. The molecule has 0 saturated heterocycles. The number of fused-ring (bicyclic) bond motifs is 1. The normalized spacial score (nSPS) is 23.6. The average molecular weight is 420 g/mol. The SMILES string of the molecule is CSc1ccc([C@H]2C(C(=O)Nc3ccccn3)=C(C)N=C3C[C@H](C)CC(=O)C32)cc1. The molecule has 5 nitrogen and oxygen atoms in total. The lowest BCUT2D eigenvalue weighted by Gasteiger charge is -2.37. The number of carbonyl (C=O) groups excluding carboxylic acids is 2. The van der Waals surface area contributed by atoms with Crippen LogP contribution in [0.2, 0.25) is 0 Å². The van der Waals surface area contributed by atoms with Crippen LogP contribution in [0.25, 0.3) is 0 Å². The third-order valence-electron chi connectivity index (χ3n) is 5.78. The number of nitrogens with one attached hydrogen (secondary N) is 1. The van der Waals surface area contributed by atoms with E-state index in [1.165, 1.54) is 0 Å². The fourth-order valence-electron chi connectivity index (χ4n) is 4.47. The Morgan fingerprint density at radius 2 is 1.87 bits per heavy atom. The standard InChI is InChI=1S/C24H25N3O2S/c1-14-12-18-23(19(28)13-14)22(16-7-9-17(30-3)10-8-16)21(15(2)26-18)24(29)27-20-6-4-5-11-25-20/h4-11,14,22-23H,12-13H2,1-3H3,(H,25,27,29)/t14-,22-,23?/m0/s1. The second-order valence-electron chi connectivity index (χ2n) is 7.98. The zero-order valence-corrected chi connectivity index (χ0v) is 18.2. The van der Waals surface area contributed by atoms with Gasteiger partial charge in [-0.15, -0.1) is 11.8 Å². The third kappa shape index (κ3) is 3.97. The van der Waals surface area contributed by atoms with Crippen LogP contribution in [0.5, 0.6) is 0 Å². The Kier molecular flexibility index (Phi) is 5.86. The quantitative estimate of drug-likeness (QED) is 0.718. The number of thioether (sulfide) groups is 1. The molecule has 3 atom stereocenters. The van der Waals surface area contributed by atoms with Gasteiger partial charge in [-0.3, -0.25) is 14.6 Å². The smallest absolute Gasteiger partial charge is 0.255 e. The van der Waals surface area contributed by atoms with Gasteiger partial charge < -0.3 is 5.32 Å². The Morgan fingerprint density at radius 3 is 2.53 bits per heavy atom. The number of rotatable bonds is 4. The molecule has 4 rings (SSSR count). The number of nitrogens with zero attached hydrogens (tertiary/aromatic N) is 2. The number of amides is 1. The summed E-state index contributed by atoms with van der Waals surface area (Å²) in [5, 5.41) is 2.89. The van der Waals surface area contributed by atoms with Crippen molar-refractivity contribution in [2.24, 2.45) is 16.8 Å². The van der Waals surface area contributed by atoms with Gasteiger partial charge in [0.05, 0.1) is 5.92 Å². The summed E-state index contributed by atoms with van der Waals surface area (Å²) in [6, 6.07) is 13.5. The molecule has 2 heterocycles. The van der Waals surface area contributed by atoms with Gasteiger partial charge in [-0.2, -0.15) is 0 Å². The first-order chi connectivity index (χ1) is 14.5. The third-order valence-corrected chi connectivity index (χ3v) is 6.53. The van der Waals surface area contributed by atoms with Crippen LogP contribution in [0.4, 0.5) is 5.82 Å². The number of aromatic nitrogens is 1. The first-order valence-corrected chi connectivity index (χ1v) is 11.4. The van der Waals surface area contributed by atoms with Gasteiger partial charge in [0, 0.05) is 40.4 Å². The second-order valence-corrected chi connectivity index (χ2v) is 8.86. The number of Topliss-reactive ketones (excluding diaryl/α,β-unsaturated/α-hetero) is 1. The maximum absolute atomic E-state index is 13.3. The van der Waals surface area contributed by atoms with Crippen LogP contribution in [0, 0.1) is 11.8 Å². The van der Waals surface area contributed by atoms with E-state index in [0.717, 1.165) is 22.6 Å². The van der Waals surface area contributed by atoms with Crippen molar-refractivity contribution in [1.29, 1.82) is 0 Å². The number of hydrogen-bond acceptors (Lipinski definition) is 5. The summed E-state index contributed by atoms with van der Waals surface area (Å²) in [6.07, 6.45) is 4.99. The number of pyridine rings is 1. The minimum absolute atomic E-state index is 0.169. The summed E-state index contributed by atoms with van der Waals surface area (Å²) in [7, 11) is 0. The fraction of sp³-hybridized carbons (Fsp3) is 0.333. The monoisotopic (exact) mass is 419 g/mol. The Hall–Kier alpha value is -2.73. The van der Waals surface area contributed by atoms with Crippen LogP contribution in [-0.4, -0.2) is 28.6 Å². The molecule has 154 valence electrons. The summed E-state index contributed by atoms with van der Waals surface area (Å²) in [5.41, 5.74) is 3.10. The van der Waals surface area contributed by atoms with E-state index in [1.807, 2.05) is 43.5 Å². The number of carbonyl (C=O) groups is 2. The molecule has 1 aliphatic heterocycles. The average Bonchev–Trinajstić information content (AvgIpc) is 2.73. The van der Waals surface area contributed by atoms with Gasteiger partial charge in [-0.1, -0.05) is 25.1 Å². The van der Waals surface area contributed by atoms with Gasteiger partial charge in [0.1, 0.15) is 11.6 Å². The molecule has 0 spiro atoms. The minimum Gasteiger partial charge on any atom is -0.307 e. The molecule has 2 aliphatic rings. The van der Waals surface area contributed by atoms with E-state index in [0.29, 0.717) is 23.5 Å². The lowest BCUT2D eigenvalue weighted by Crippen LogP contribution is -2.41. The molecule has 2 aromatic rings. The predicted octanol–water partition coefficient (Wildman–Crippen LogP) is 4.87. The molecule has 30 heavy (non-hydrogen) atoms. The van der Waals surface area contributed by atoms with Crippen LogP contribution in [-0.2, 0) is 9.59 Å². The van der Waals surface area contributed by atoms with Crippen LogP contribution in [0.3, 0.4) is 0 Å². The number of allylic oxidation sites excluding steroid dienone is 1. The largest absolute Gasteiger partial charge is 0.307 e. The van der Waals surface area contributed by atoms with Gasteiger partial charge >= 0.3 is 0 Å². The van der Waals surface area contributed by atoms with E-state index >= 15 is 0 Å². The van der Waals surface area contributed by atoms with Crippen molar-refractivity contribution in [2.45, 2.75) is 37.5 Å². The maximum Gasteiger partial charge on any atom is 0.255 e. The maximum atomic E-state index is 13.3. The van der Waals surface area contributed by atoms with Crippen LogP contribution < -0.4 is 5.32 Å². The van der Waals surface area contributed by atoms with Crippen molar-refractivity contribution in [1.82, 2.24) is 4.98 Å². The molecule has 1 saturated carbocycles. The van der Waals surface area contributed by atoms with Crippen molar-refractivity contribution in [2.75, 3.05) is 11.6 Å². The van der Waals surface area contributed by atoms with Crippen LogP contribution in [0.1, 0.15) is 38.2 Å². The highest BCUT2D eigenvalue weighted by Gasteiger charge is 2.44. The number of ketones is 1. The molecule has 6 heteroatoms. The first-order valence-electron chi connectivity index (χ1n) is 10.1. The molecular weight excluding hydrogens is 394 g/mol. The first kappa shape index (κ1) is 20.5. The molecular formula is C24H25N3O2S. The summed E-state index contributed by atoms with van der Waals surface area (Å²) in [4.78, 5) is 36.6. The highest BCUT2D eigenvalue weighted by molar-refractivity contribution is 7.98. The topological polar surface area (TPSA) is 71.4 Å². The molecule has 1 unspecified atom stereocenters. The number of anilines is 1. The molecule has 1 amide bonds. The van der Waals surface area contributed by atoms with Gasteiger partial charge in [0.25, 0.3) is 5.91 Å². The Labute approximate surface area is 181 Å². The van der Waals surface area contributed by atoms with Gasteiger partial charge in [0.15, 0.2) is 0 Å². The van der Waals surface area contributed by atoms with Crippen LogP contribution >= 0.6 is 11.8 Å². The molecule has 1 fully saturated rings. The summed E-state index contributed by atoms with van der Waals surface area (Å²) in [5.74, 6) is -0.0329. The number of benzene rings is 1. The van der Waals surface area contributed by atoms with Crippen LogP contribution in [0.15, 0.2) is 69.8 Å². The molecule has 1 aliphatic carbocycles. The minimum atomic E-state index is -0.380. The number of aliphatic imine (C=N–C) groups is 1. The van der Waals surface area contributed by atoms with E-state index < -0.39 is 0 Å². The van der Waals surface area contributed by atoms with Crippen molar-refractivity contribution < 1.29 is 9.59 Å². The summed E-state index contributed by atoms with van der Waals surface area (Å²) >= 11 is 1.67. The zero-order valence-electron chi connectivity index (χ0n) is 17.4. The fourth-order valence-corrected chi connectivity index (χ4v) is 4.88. The molecule has 1 aromatic heterocycles. The van der Waals surface area contributed by atoms with Gasteiger partial charge in [-0.05, 0) is 55.3 Å². The van der Waals surface area contributed by atoms with Crippen molar-refractivity contribution in [3.05, 3.63) is 65.5 Å². The second kappa shape index (κ2) is 8.56. The van der Waals surface area contributed by atoms with Crippen molar-refractivity contribution in [3.63, 3.8) is 0 Å². The van der Waals surface area contributed by atoms with Gasteiger partial charge in [-0.25, -0.2) is 4.98 Å². The van der Waals surface area contributed by atoms with E-state index in [9.17, 15) is 9.59 Å². The summed E-state index contributed by atoms with van der Waals surface area (Å²) < 4.78 is 0. The molecule has 1 aromatic carbocycles. The Balaban J connectivity index is 1.79. The van der Waals surface area contributed by atoms with Crippen molar-refractivity contribution in [3.8, 4) is 0 Å². The Bertz CT molecular complexity index is 1030. The van der Waals surface area contributed by atoms with E-state index in [2.05, 4.69) is 17.2 Å². The Morgan fingerprint density at radius 1 is 1.10 bits per heavy atom.